The molecule has 0 saturated heterocycles. The minimum absolute atomic E-state index is 0.0291. The molecule has 1 atom stereocenters. The Balaban J connectivity index is 1.57. The Morgan fingerprint density at radius 3 is 2.46 bits per heavy atom. The first-order valence-electron chi connectivity index (χ1n) is 12.0. The second kappa shape index (κ2) is 8.51. The van der Waals surface area contributed by atoms with Gasteiger partial charge in [-0.2, -0.15) is 0 Å². The lowest BCUT2D eigenvalue weighted by Gasteiger charge is -2.30. The monoisotopic (exact) mass is 477 g/mol. The first-order valence-corrected chi connectivity index (χ1v) is 12.8. The van der Waals surface area contributed by atoms with Crippen molar-refractivity contribution < 1.29 is 0 Å². The van der Waals surface area contributed by atoms with Crippen LogP contribution in [0.1, 0.15) is 40.3 Å². The predicted octanol–water partition coefficient (Wildman–Crippen LogP) is 4.69. The van der Waals surface area contributed by atoms with Crippen LogP contribution >= 0.6 is 11.3 Å². The number of benzene rings is 3. The Hall–Kier alpha value is -3.70. The Bertz CT molecular complexity index is 1640. The van der Waals surface area contributed by atoms with Crippen molar-refractivity contribution in [2.24, 2.45) is 4.99 Å². The summed E-state index contributed by atoms with van der Waals surface area (Å²) in [6.45, 7) is 2.10. The zero-order valence-corrected chi connectivity index (χ0v) is 21.0. The van der Waals surface area contributed by atoms with E-state index in [1.807, 2.05) is 24.7 Å². The van der Waals surface area contributed by atoms with Crippen LogP contribution in [0.15, 0.2) is 88.2 Å². The van der Waals surface area contributed by atoms with Gasteiger partial charge in [0.15, 0.2) is 4.80 Å². The number of hydrogen-bond acceptors (Lipinski definition) is 4. The van der Waals surface area contributed by atoms with Crippen LogP contribution in [0.3, 0.4) is 0 Å². The fraction of sp³-hybridized carbons (Fsp3) is 0.200. The van der Waals surface area contributed by atoms with Crippen molar-refractivity contribution in [1.82, 2.24) is 4.57 Å². The summed E-state index contributed by atoms with van der Waals surface area (Å²) in [5.41, 5.74) is 9.34. The molecule has 174 valence electrons. The summed E-state index contributed by atoms with van der Waals surface area (Å²) < 4.78 is 2.63. The molecule has 0 saturated carbocycles. The summed E-state index contributed by atoms with van der Waals surface area (Å²) in [6, 6.07) is 25.3. The Kier molecular flexibility index (Phi) is 5.30. The standard InChI is InChI=1S/C30H27N3OS/c1-19-8-12-22(13-9-19)28-25-17-14-21-6-4-5-7-24(21)27(25)31-30-33(28)29(34)26(35-30)18-20-10-15-23(16-11-20)32(2)3/h4-13,15-16,18,28H,14,17H2,1-3H3/b26-18-. The maximum atomic E-state index is 13.8. The molecule has 0 N–H and O–H groups in total. The van der Waals surface area contributed by atoms with E-state index in [0.717, 1.165) is 40.2 Å². The van der Waals surface area contributed by atoms with Crippen molar-refractivity contribution in [3.05, 3.63) is 126 Å². The minimum Gasteiger partial charge on any atom is -0.378 e. The van der Waals surface area contributed by atoms with Crippen molar-refractivity contribution in [3.8, 4) is 0 Å². The van der Waals surface area contributed by atoms with Gasteiger partial charge in [-0.25, -0.2) is 4.99 Å². The molecule has 0 spiro atoms. The minimum atomic E-state index is -0.131. The molecule has 2 aliphatic rings. The molecule has 4 nitrogen and oxygen atoms in total. The summed E-state index contributed by atoms with van der Waals surface area (Å²) in [5, 5.41) is 0. The fourth-order valence-corrected chi connectivity index (χ4v) is 6.09. The predicted molar refractivity (Wildman–Crippen MR) is 145 cm³/mol. The second-order valence-corrected chi connectivity index (χ2v) is 10.5. The van der Waals surface area contributed by atoms with Gasteiger partial charge in [0.1, 0.15) is 0 Å². The maximum absolute atomic E-state index is 13.8. The molecule has 35 heavy (non-hydrogen) atoms. The number of aryl methyl sites for hydroxylation is 2. The van der Waals surface area contributed by atoms with E-state index in [0.29, 0.717) is 4.53 Å². The van der Waals surface area contributed by atoms with E-state index < -0.39 is 0 Å². The SMILES string of the molecule is Cc1ccc(C2C3=C(N=c4s/c(=C\c5ccc(N(C)C)cc5)c(=O)n42)c2ccccc2CC3)cc1. The van der Waals surface area contributed by atoms with Gasteiger partial charge in [0.25, 0.3) is 5.56 Å². The molecule has 1 aliphatic heterocycles. The number of allylic oxidation sites excluding steroid dienone is 1. The number of thiazole rings is 1. The van der Waals surface area contributed by atoms with Gasteiger partial charge >= 0.3 is 0 Å². The Labute approximate surface area is 208 Å². The quantitative estimate of drug-likeness (QED) is 0.429. The van der Waals surface area contributed by atoms with Gasteiger partial charge in [0, 0.05) is 25.3 Å². The number of nitrogens with zero attached hydrogens (tertiary/aromatic N) is 3. The summed E-state index contributed by atoms with van der Waals surface area (Å²) in [4.78, 5) is 21.8. The van der Waals surface area contributed by atoms with E-state index in [4.69, 9.17) is 4.99 Å². The van der Waals surface area contributed by atoms with E-state index >= 15 is 0 Å². The van der Waals surface area contributed by atoms with E-state index in [2.05, 4.69) is 84.6 Å². The molecule has 0 bridgehead atoms. The van der Waals surface area contributed by atoms with Crippen LogP contribution in [0.4, 0.5) is 5.69 Å². The van der Waals surface area contributed by atoms with Crippen LogP contribution in [-0.2, 0) is 6.42 Å². The highest BCUT2D eigenvalue weighted by Gasteiger charge is 2.32. The molecule has 1 unspecified atom stereocenters. The molecule has 1 aromatic heterocycles. The summed E-state index contributed by atoms with van der Waals surface area (Å²) in [7, 11) is 4.05. The van der Waals surface area contributed by atoms with Crippen LogP contribution in [0, 0.1) is 6.92 Å². The average Bonchev–Trinajstić information content (AvgIpc) is 3.18. The average molecular weight is 478 g/mol. The van der Waals surface area contributed by atoms with Gasteiger partial charge in [0.2, 0.25) is 0 Å². The van der Waals surface area contributed by atoms with Crippen molar-refractivity contribution in [2.45, 2.75) is 25.8 Å². The van der Waals surface area contributed by atoms with Crippen LogP contribution in [0.5, 0.6) is 0 Å². The van der Waals surface area contributed by atoms with Gasteiger partial charge in [-0.15, -0.1) is 0 Å². The van der Waals surface area contributed by atoms with Gasteiger partial charge in [-0.05, 0) is 60.2 Å². The Morgan fingerprint density at radius 2 is 1.71 bits per heavy atom. The highest BCUT2D eigenvalue weighted by Crippen LogP contribution is 2.41. The van der Waals surface area contributed by atoms with E-state index in [1.165, 1.54) is 33.6 Å². The summed E-state index contributed by atoms with van der Waals surface area (Å²) in [6.07, 6.45) is 3.87. The normalized spacial score (nSPS) is 16.9. The molecule has 2 heterocycles. The largest absolute Gasteiger partial charge is 0.378 e. The molecule has 6 rings (SSSR count). The summed E-state index contributed by atoms with van der Waals surface area (Å²) >= 11 is 1.48. The van der Waals surface area contributed by atoms with Crippen LogP contribution in [0.25, 0.3) is 11.8 Å². The van der Waals surface area contributed by atoms with Gasteiger partial charge in [0.05, 0.1) is 16.3 Å². The van der Waals surface area contributed by atoms with Crippen molar-refractivity contribution in [3.63, 3.8) is 0 Å². The molecular weight excluding hydrogens is 450 g/mol. The fourth-order valence-electron chi connectivity index (χ4n) is 5.09. The first-order chi connectivity index (χ1) is 17.0. The molecule has 5 heteroatoms. The second-order valence-electron chi connectivity index (χ2n) is 9.51. The number of anilines is 1. The molecule has 0 amide bonds. The van der Waals surface area contributed by atoms with Gasteiger partial charge < -0.3 is 4.90 Å². The number of hydrogen-bond donors (Lipinski definition) is 0. The van der Waals surface area contributed by atoms with Crippen molar-refractivity contribution >= 4 is 28.8 Å². The summed E-state index contributed by atoms with van der Waals surface area (Å²) in [5.74, 6) is 0. The number of aromatic nitrogens is 1. The molecule has 4 aromatic rings. The zero-order valence-electron chi connectivity index (χ0n) is 20.2. The molecular formula is C30H27N3OS. The molecule has 0 radical (unpaired) electrons. The molecule has 0 fully saturated rings. The third kappa shape index (κ3) is 3.76. The lowest BCUT2D eigenvalue weighted by molar-refractivity contribution is 0.585. The van der Waals surface area contributed by atoms with Gasteiger partial charge in [-0.1, -0.05) is 77.6 Å². The highest BCUT2D eigenvalue weighted by atomic mass is 32.1. The van der Waals surface area contributed by atoms with Crippen LogP contribution in [-0.4, -0.2) is 18.7 Å². The topological polar surface area (TPSA) is 37.6 Å². The number of fused-ring (bicyclic) bond motifs is 3. The first kappa shape index (κ1) is 21.8. The van der Waals surface area contributed by atoms with Crippen LogP contribution < -0.4 is 19.8 Å². The van der Waals surface area contributed by atoms with Crippen LogP contribution in [0.2, 0.25) is 0 Å². The van der Waals surface area contributed by atoms with E-state index in [-0.39, 0.29) is 11.6 Å². The number of rotatable bonds is 3. The zero-order chi connectivity index (χ0) is 24.1. The van der Waals surface area contributed by atoms with Crippen molar-refractivity contribution in [2.75, 3.05) is 19.0 Å². The smallest absolute Gasteiger partial charge is 0.271 e. The lowest BCUT2D eigenvalue weighted by Crippen LogP contribution is -2.38. The molecule has 1 aliphatic carbocycles. The Morgan fingerprint density at radius 1 is 0.971 bits per heavy atom. The van der Waals surface area contributed by atoms with Gasteiger partial charge in [-0.3, -0.25) is 9.36 Å². The molecule has 3 aromatic carbocycles. The van der Waals surface area contributed by atoms with E-state index in [9.17, 15) is 4.79 Å². The third-order valence-electron chi connectivity index (χ3n) is 6.97. The van der Waals surface area contributed by atoms with E-state index in [1.54, 1.807) is 0 Å². The highest BCUT2D eigenvalue weighted by molar-refractivity contribution is 7.07. The lowest BCUT2D eigenvalue weighted by atomic mass is 9.83. The van der Waals surface area contributed by atoms with Crippen molar-refractivity contribution in [1.29, 1.82) is 0 Å². The maximum Gasteiger partial charge on any atom is 0.271 e. The third-order valence-corrected chi connectivity index (χ3v) is 7.96.